The van der Waals surface area contributed by atoms with E-state index in [0.717, 1.165) is 12.0 Å². The number of hydrogen-bond acceptors (Lipinski definition) is 8. The molecule has 7 atom stereocenters. The predicted octanol–water partition coefficient (Wildman–Crippen LogP) is 3.26. The number of aliphatic hydroxyl groups is 2. The first-order chi connectivity index (χ1) is 23.4. The molecule has 1 aromatic heterocycles. The predicted molar refractivity (Wildman–Crippen MR) is 192 cm³/mol. The lowest BCUT2D eigenvalue weighted by molar-refractivity contribution is -0.137. The third kappa shape index (κ3) is 14.5. The summed E-state index contributed by atoms with van der Waals surface area (Å²) >= 11 is 0. The zero-order valence-electron chi connectivity index (χ0n) is 31.2. The van der Waals surface area contributed by atoms with Gasteiger partial charge in [0.2, 0.25) is 17.7 Å². The first-order valence-electron chi connectivity index (χ1n) is 17.7. The van der Waals surface area contributed by atoms with Crippen molar-refractivity contribution in [2.75, 3.05) is 6.54 Å². The number of amides is 4. The fourth-order valence-corrected chi connectivity index (χ4v) is 5.52. The first kappa shape index (κ1) is 42.2. The molecule has 13 heteroatoms. The van der Waals surface area contributed by atoms with Crippen molar-refractivity contribution in [2.24, 2.45) is 23.7 Å². The molecule has 2 aromatic rings. The highest BCUT2D eigenvalue weighted by Crippen LogP contribution is 2.23. The Labute approximate surface area is 297 Å². The smallest absolute Gasteiger partial charge is 0.408 e. The van der Waals surface area contributed by atoms with Gasteiger partial charge >= 0.3 is 6.09 Å². The second-order valence-electron chi connectivity index (χ2n) is 15.0. The molecular formula is C37H60N6O7. The van der Waals surface area contributed by atoms with E-state index in [1.165, 1.54) is 12.5 Å². The number of aromatic amines is 1. The van der Waals surface area contributed by atoms with Gasteiger partial charge in [0.05, 0.1) is 24.4 Å². The van der Waals surface area contributed by atoms with Crippen molar-refractivity contribution in [3.8, 4) is 0 Å². The molecule has 0 saturated heterocycles. The van der Waals surface area contributed by atoms with Crippen LogP contribution in [0.25, 0.3) is 0 Å². The summed E-state index contributed by atoms with van der Waals surface area (Å²) in [5, 5.41) is 34.1. The summed E-state index contributed by atoms with van der Waals surface area (Å²) in [6, 6.07) is 5.91. The van der Waals surface area contributed by atoms with Gasteiger partial charge < -0.3 is 41.2 Å². The van der Waals surface area contributed by atoms with Gasteiger partial charge in [0, 0.05) is 31.3 Å². The van der Waals surface area contributed by atoms with Gasteiger partial charge in [0.1, 0.15) is 23.8 Å². The standard InChI is InChI=1S/C37H60N6O7/c1-10-24(6)19-39-35(48)30(23(4)5)32(45)31(44)27(16-22(2)3)41-34(47)29(18-26-20-38-21-40-26)42-33(46)28(17-25-14-12-11-13-15-25)43-36(49)50-37(7,8)9/h11-15,20-24,27-32,44-45H,10,16-19H2,1-9H3,(H,38,40)(H,39,48)(H,41,47)(H,42,46)(H,43,49)/t24?,27-,28-,29-,30-,31+,32+/m0/s1. The van der Waals surface area contributed by atoms with Crippen molar-refractivity contribution in [3.05, 3.63) is 54.1 Å². The lowest BCUT2D eigenvalue weighted by atomic mass is 9.83. The topological polar surface area (TPSA) is 195 Å². The van der Waals surface area contributed by atoms with E-state index in [2.05, 4.69) is 31.2 Å². The molecule has 0 spiro atoms. The Morgan fingerprint density at radius 1 is 0.860 bits per heavy atom. The van der Waals surface area contributed by atoms with Crippen molar-refractivity contribution in [1.29, 1.82) is 0 Å². The quantitative estimate of drug-likeness (QED) is 0.116. The number of ether oxygens (including phenoxy) is 1. The maximum atomic E-state index is 14.0. The highest BCUT2D eigenvalue weighted by atomic mass is 16.6. The number of rotatable bonds is 19. The van der Waals surface area contributed by atoms with E-state index in [1.54, 1.807) is 34.6 Å². The number of alkyl carbamates (subject to hydrolysis) is 1. The molecule has 1 heterocycles. The van der Waals surface area contributed by atoms with Crippen LogP contribution in [0.2, 0.25) is 0 Å². The van der Waals surface area contributed by atoms with Crippen LogP contribution < -0.4 is 21.3 Å². The molecule has 0 aliphatic heterocycles. The molecule has 0 fully saturated rings. The highest BCUT2D eigenvalue weighted by molar-refractivity contribution is 5.91. The SMILES string of the molecule is CCC(C)CNC(=O)[C@@H](C(C)C)[C@@H](O)[C@H](O)[C@H](CC(C)C)NC(=O)[C@H](Cc1cnc[nH]1)NC(=O)[C@H](Cc1ccccc1)NC(=O)OC(C)(C)C. The Kier molecular flexibility index (Phi) is 16.9. The summed E-state index contributed by atoms with van der Waals surface area (Å²) in [6.07, 6.45) is 0.520. The Balaban J connectivity index is 2.36. The van der Waals surface area contributed by atoms with E-state index >= 15 is 0 Å². The number of carbonyl (C=O) groups excluding carboxylic acids is 4. The molecule has 4 amide bonds. The van der Waals surface area contributed by atoms with E-state index in [-0.39, 0.29) is 42.9 Å². The van der Waals surface area contributed by atoms with Crippen LogP contribution >= 0.6 is 0 Å². The molecule has 50 heavy (non-hydrogen) atoms. The lowest BCUT2D eigenvalue weighted by Crippen LogP contribution is -2.59. The lowest BCUT2D eigenvalue weighted by Gasteiger charge is -2.35. The molecule has 1 unspecified atom stereocenters. The second kappa shape index (κ2) is 20.0. The minimum absolute atomic E-state index is 0.00666. The molecular weight excluding hydrogens is 640 g/mol. The Bertz CT molecular complexity index is 1330. The Morgan fingerprint density at radius 3 is 2.02 bits per heavy atom. The zero-order chi connectivity index (χ0) is 37.6. The number of carbonyl (C=O) groups is 4. The molecule has 0 saturated carbocycles. The van der Waals surface area contributed by atoms with Crippen LogP contribution in [0.1, 0.15) is 86.4 Å². The van der Waals surface area contributed by atoms with Crippen molar-refractivity contribution >= 4 is 23.8 Å². The molecule has 13 nitrogen and oxygen atoms in total. The van der Waals surface area contributed by atoms with Gasteiger partial charge in [0.15, 0.2) is 0 Å². The maximum Gasteiger partial charge on any atom is 0.408 e. The van der Waals surface area contributed by atoms with Crippen molar-refractivity contribution < 1.29 is 34.1 Å². The number of nitrogens with zero attached hydrogens (tertiary/aromatic N) is 1. The van der Waals surface area contributed by atoms with Crippen LogP contribution in [-0.4, -0.2) is 86.5 Å². The number of aromatic nitrogens is 2. The summed E-state index contributed by atoms with van der Waals surface area (Å²) in [5.41, 5.74) is 0.533. The van der Waals surface area contributed by atoms with Crippen LogP contribution in [0.3, 0.4) is 0 Å². The Morgan fingerprint density at radius 2 is 1.48 bits per heavy atom. The molecule has 0 aliphatic carbocycles. The molecule has 7 N–H and O–H groups in total. The number of aliphatic hydroxyl groups excluding tert-OH is 2. The number of H-pyrrole nitrogens is 1. The minimum Gasteiger partial charge on any atom is -0.444 e. The van der Waals surface area contributed by atoms with Gasteiger partial charge in [-0.15, -0.1) is 0 Å². The zero-order valence-corrected chi connectivity index (χ0v) is 31.2. The second-order valence-corrected chi connectivity index (χ2v) is 15.0. The van der Waals surface area contributed by atoms with Gasteiger partial charge in [-0.05, 0) is 50.5 Å². The number of nitrogens with one attached hydrogen (secondary N) is 5. The van der Waals surface area contributed by atoms with E-state index in [4.69, 9.17) is 4.74 Å². The monoisotopic (exact) mass is 700 g/mol. The molecule has 2 rings (SSSR count). The van der Waals surface area contributed by atoms with Gasteiger partial charge in [-0.3, -0.25) is 14.4 Å². The summed E-state index contributed by atoms with van der Waals surface area (Å²) < 4.78 is 5.41. The maximum absolute atomic E-state index is 14.0. The van der Waals surface area contributed by atoms with Crippen molar-refractivity contribution in [3.63, 3.8) is 0 Å². The summed E-state index contributed by atoms with van der Waals surface area (Å²) in [4.78, 5) is 60.8. The van der Waals surface area contributed by atoms with Crippen molar-refractivity contribution in [2.45, 2.75) is 124 Å². The van der Waals surface area contributed by atoms with Crippen LogP contribution in [0.5, 0.6) is 0 Å². The largest absolute Gasteiger partial charge is 0.444 e. The Hall–Kier alpha value is -3.97. The fraction of sp³-hybridized carbons (Fsp3) is 0.649. The van der Waals surface area contributed by atoms with Gasteiger partial charge in [-0.1, -0.05) is 78.3 Å². The van der Waals surface area contributed by atoms with Crippen LogP contribution in [0.15, 0.2) is 42.9 Å². The first-order valence-corrected chi connectivity index (χ1v) is 17.7. The van der Waals surface area contributed by atoms with E-state index in [1.807, 2.05) is 58.0 Å². The van der Waals surface area contributed by atoms with E-state index < -0.39 is 59.8 Å². The van der Waals surface area contributed by atoms with Crippen LogP contribution in [-0.2, 0) is 32.0 Å². The molecule has 280 valence electrons. The number of benzene rings is 1. The number of imidazole rings is 1. The molecule has 1 aromatic carbocycles. The number of hydrogen-bond donors (Lipinski definition) is 7. The molecule has 0 aliphatic rings. The normalized spacial score (nSPS) is 16.0. The van der Waals surface area contributed by atoms with Gasteiger partial charge in [-0.25, -0.2) is 9.78 Å². The van der Waals surface area contributed by atoms with E-state index in [0.29, 0.717) is 12.2 Å². The summed E-state index contributed by atoms with van der Waals surface area (Å²) in [5.74, 6) is -2.62. The van der Waals surface area contributed by atoms with Gasteiger partial charge in [-0.2, -0.15) is 0 Å². The molecule has 0 radical (unpaired) electrons. The summed E-state index contributed by atoms with van der Waals surface area (Å²) in [6.45, 7) is 17.0. The third-order valence-corrected chi connectivity index (χ3v) is 8.43. The fourth-order valence-electron chi connectivity index (χ4n) is 5.52. The van der Waals surface area contributed by atoms with Gasteiger partial charge in [0.25, 0.3) is 0 Å². The average Bonchev–Trinajstić information content (AvgIpc) is 3.54. The third-order valence-electron chi connectivity index (χ3n) is 8.43. The van der Waals surface area contributed by atoms with Crippen LogP contribution in [0, 0.1) is 23.7 Å². The van der Waals surface area contributed by atoms with E-state index in [9.17, 15) is 29.4 Å². The van der Waals surface area contributed by atoms with Crippen molar-refractivity contribution in [1.82, 2.24) is 31.2 Å². The average molecular weight is 701 g/mol. The molecule has 0 bridgehead atoms. The summed E-state index contributed by atoms with van der Waals surface area (Å²) in [7, 11) is 0. The minimum atomic E-state index is -1.49. The van der Waals surface area contributed by atoms with Crippen LogP contribution in [0.4, 0.5) is 4.79 Å². The highest BCUT2D eigenvalue weighted by Gasteiger charge is 2.39.